The van der Waals surface area contributed by atoms with Crippen LogP contribution in [0.5, 0.6) is 0 Å². The van der Waals surface area contributed by atoms with Gasteiger partial charge < -0.3 is 0 Å². The predicted molar refractivity (Wildman–Crippen MR) is 81.4 cm³/mol. The van der Waals surface area contributed by atoms with E-state index in [1.165, 1.54) is 30.5 Å². The van der Waals surface area contributed by atoms with Crippen molar-refractivity contribution in [2.75, 3.05) is 0 Å². The van der Waals surface area contributed by atoms with E-state index in [2.05, 4.69) is 64.4 Å². The van der Waals surface area contributed by atoms with Crippen LogP contribution in [0.3, 0.4) is 0 Å². The van der Waals surface area contributed by atoms with E-state index in [1.54, 1.807) is 0 Å². The lowest BCUT2D eigenvalue weighted by Crippen LogP contribution is -2.45. The molecule has 0 aromatic carbocycles. The third-order valence-corrected chi connectivity index (χ3v) is 5.39. The molecule has 2 heteroatoms. The van der Waals surface area contributed by atoms with Crippen molar-refractivity contribution < 1.29 is 0 Å². The van der Waals surface area contributed by atoms with Gasteiger partial charge in [0.05, 0.1) is 6.20 Å². The summed E-state index contributed by atoms with van der Waals surface area (Å²) in [7, 11) is 0. The van der Waals surface area contributed by atoms with Crippen LogP contribution in [0, 0.1) is 16.7 Å². The lowest BCUT2D eigenvalue weighted by molar-refractivity contribution is 0.0140. The Hall–Kier alpha value is -0.790. The number of hydrogen-bond acceptors (Lipinski definition) is 1. The van der Waals surface area contributed by atoms with Crippen LogP contribution in [0.4, 0.5) is 0 Å². The van der Waals surface area contributed by atoms with Crippen molar-refractivity contribution in [1.82, 2.24) is 9.78 Å². The SMILES string of the molecule is CC(C)n1ncc2c1CCC(C(C)C)(C(C)(C)C)C2. The molecule has 0 saturated carbocycles. The quantitative estimate of drug-likeness (QED) is 0.759. The zero-order valence-corrected chi connectivity index (χ0v) is 13.7. The minimum Gasteiger partial charge on any atom is -0.267 e. The van der Waals surface area contributed by atoms with E-state index < -0.39 is 0 Å². The van der Waals surface area contributed by atoms with Gasteiger partial charge in [0.1, 0.15) is 0 Å². The molecule has 1 aliphatic carbocycles. The van der Waals surface area contributed by atoms with Crippen molar-refractivity contribution in [1.29, 1.82) is 0 Å². The van der Waals surface area contributed by atoms with E-state index in [9.17, 15) is 0 Å². The van der Waals surface area contributed by atoms with E-state index in [-0.39, 0.29) is 0 Å². The Bertz CT molecular complexity index is 448. The normalized spacial score (nSPS) is 24.1. The fourth-order valence-electron chi connectivity index (χ4n) is 4.06. The zero-order chi connectivity index (χ0) is 14.4. The van der Waals surface area contributed by atoms with Gasteiger partial charge >= 0.3 is 0 Å². The van der Waals surface area contributed by atoms with Crippen LogP contribution in [0.25, 0.3) is 0 Å². The summed E-state index contributed by atoms with van der Waals surface area (Å²) >= 11 is 0. The van der Waals surface area contributed by atoms with Crippen LogP contribution in [-0.4, -0.2) is 9.78 Å². The summed E-state index contributed by atoms with van der Waals surface area (Å²) in [5.41, 5.74) is 3.72. The fraction of sp³-hybridized carbons (Fsp3) is 0.824. The Morgan fingerprint density at radius 2 is 1.84 bits per heavy atom. The lowest BCUT2D eigenvalue weighted by Gasteiger charge is -2.50. The van der Waals surface area contributed by atoms with Gasteiger partial charge in [-0.3, -0.25) is 4.68 Å². The van der Waals surface area contributed by atoms with Crippen LogP contribution in [0.2, 0.25) is 0 Å². The molecule has 0 radical (unpaired) electrons. The molecule has 2 nitrogen and oxygen atoms in total. The maximum atomic E-state index is 4.62. The molecule has 108 valence electrons. The Balaban J connectivity index is 2.41. The molecule has 0 bridgehead atoms. The van der Waals surface area contributed by atoms with Crippen LogP contribution in [0.15, 0.2) is 6.20 Å². The topological polar surface area (TPSA) is 17.8 Å². The third-order valence-electron chi connectivity index (χ3n) is 5.39. The van der Waals surface area contributed by atoms with Crippen molar-refractivity contribution in [3.05, 3.63) is 17.5 Å². The molecule has 1 heterocycles. The largest absolute Gasteiger partial charge is 0.267 e. The van der Waals surface area contributed by atoms with E-state index in [4.69, 9.17) is 0 Å². The Morgan fingerprint density at radius 3 is 2.32 bits per heavy atom. The summed E-state index contributed by atoms with van der Waals surface area (Å²) in [4.78, 5) is 0. The van der Waals surface area contributed by atoms with Crippen molar-refractivity contribution in [3.8, 4) is 0 Å². The molecule has 0 spiro atoms. The average Bonchev–Trinajstić information content (AvgIpc) is 2.69. The first-order valence-electron chi connectivity index (χ1n) is 7.74. The van der Waals surface area contributed by atoms with Gasteiger partial charge in [0.2, 0.25) is 0 Å². The maximum absolute atomic E-state index is 4.62. The van der Waals surface area contributed by atoms with E-state index in [1.807, 2.05) is 0 Å². The van der Waals surface area contributed by atoms with Crippen molar-refractivity contribution >= 4 is 0 Å². The first-order valence-corrected chi connectivity index (χ1v) is 7.74. The predicted octanol–water partition coefficient (Wildman–Crippen LogP) is 4.64. The molecule has 2 rings (SSSR count). The molecule has 0 saturated heterocycles. The van der Waals surface area contributed by atoms with Crippen molar-refractivity contribution in [2.24, 2.45) is 16.7 Å². The molecule has 0 fully saturated rings. The monoisotopic (exact) mass is 262 g/mol. The maximum Gasteiger partial charge on any atom is 0.0524 e. The molecule has 0 aliphatic heterocycles. The molecule has 0 amide bonds. The van der Waals surface area contributed by atoms with Crippen molar-refractivity contribution in [2.45, 2.75) is 73.8 Å². The van der Waals surface area contributed by atoms with Gasteiger partial charge in [0.25, 0.3) is 0 Å². The molecule has 0 N–H and O–H groups in total. The van der Waals surface area contributed by atoms with Gasteiger partial charge in [0.15, 0.2) is 0 Å². The number of nitrogens with zero attached hydrogens (tertiary/aromatic N) is 2. The first-order chi connectivity index (χ1) is 8.69. The Labute approximate surface area is 118 Å². The summed E-state index contributed by atoms with van der Waals surface area (Å²) < 4.78 is 2.22. The molecule has 1 aliphatic rings. The fourth-order valence-corrected chi connectivity index (χ4v) is 4.06. The standard InChI is InChI=1S/C17H30N2/c1-12(2)17(16(5,6)7)9-8-15-14(10-17)11-18-19(15)13(3)4/h11-13H,8-10H2,1-7H3. The second-order valence-electron chi connectivity index (χ2n) is 7.89. The molecular weight excluding hydrogens is 232 g/mol. The number of aromatic nitrogens is 2. The second kappa shape index (κ2) is 4.64. The van der Waals surface area contributed by atoms with Crippen molar-refractivity contribution in [3.63, 3.8) is 0 Å². The van der Waals surface area contributed by atoms with Gasteiger partial charge in [-0.15, -0.1) is 0 Å². The number of hydrogen-bond donors (Lipinski definition) is 0. The molecule has 1 aromatic heterocycles. The smallest absolute Gasteiger partial charge is 0.0524 e. The third kappa shape index (κ3) is 2.23. The minimum absolute atomic E-state index is 0.346. The van der Waals surface area contributed by atoms with Crippen LogP contribution in [0.1, 0.15) is 72.2 Å². The lowest BCUT2D eigenvalue weighted by atomic mass is 9.54. The van der Waals surface area contributed by atoms with Gasteiger partial charge in [-0.05, 0) is 55.4 Å². The van der Waals surface area contributed by atoms with Gasteiger partial charge in [-0.25, -0.2) is 0 Å². The number of rotatable bonds is 2. The first kappa shape index (κ1) is 14.6. The molecule has 1 aromatic rings. The summed E-state index contributed by atoms with van der Waals surface area (Å²) in [6, 6.07) is 0.477. The summed E-state index contributed by atoms with van der Waals surface area (Å²) in [5.74, 6) is 0.711. The number of fused-ring (bicyclic) bond motifs is 1. The zero-order valence-electron chi connectivity index (χ0n) is 13.7. The summed E-state index contributed by atoms with van der Waals surface area (Å²) in [6.07, 6.45) is 5.79. The highest BCUT2D eigenvalue weighted by atomic mass is 15.3. The average molecular weight is 262 g/mol. The highest BCUT2D eigenvalue weighted by Crippen LogP contribution is 2.53. The summed E-state index contributed by atoms with van der Waals surface area (Å²) in [5, 5.41) is 4.62. The molecule has 1 unspecified atom stereocenters. The minimum atomic E-state index is 0.346. The van der Waals surface area contributed by atoms with Crippen LogP contribution < -0.4 is 0 Å². The molecule has 1 atom stereocenters. The van der Waals surface area contributed by atoms with Crippen LogP contribution in [-0.2, 0) is 12.8 Å². The van der Waals surface area contributed by atoms with E-state index in [0.29, 0.717) is 22.8 Å². The highest BCUT2D eigenvalue weighted by molar-refractivity contribution is 5.25. The van der Waals surface area contributed by atoms with Gasteiger partial charge in [-0.1, -0.05) is 34.6 Å². The summed E-state index contributed by atoms with van der Waals surface area (Å²) in [6.45, 7) is 16.5. The Kier molecular flexibility index (Phi) is 3.57. The van der Waals surface area contributed by atoms with Gasteiger partial charge in [-0.2, -0.15) is 5.10 Å². The van der Waals surface area contributed by atoms with Gasteiger partial charge in [0, 0.05) is 11.7 Å². The molecular formula is C17H30N2. The Morgan fingerprint density at radius 1 is 1.21 bits per heavy atom. The van der Waals surface area contributed by atoms with E-state index >= 15 is 0 Å². The van der Waals surface area contributed by atoms with Crippen LogP contribution >= 0.6 is 0 Å². The molecule has 19 heavy (non-hydrogen) atoms. The second-order valence-corrected chi connectivity index (χ2v) is 7.89. The highest BCUT2D eigenvalue weighted by Gasteiger charge is 2.46. The van der Waals surface area contributed by atoms with E-state index in [0.717, 1.165) is 0 Å².